The number of benzene rings is 3. The number of hydrazine groups is 2. The summed E-state index contributed by atoms with van der Waals surface area (Å²) in [4.78, 5) is 80.6. The summed E-state index contributed by atoms with van der Waals surface area (Å²) in [5, 5.41) is 11.9. The number of carbonyl (C=O) groups excluding carboxylic acids is 5. The normalized spacial score (nSPS) is 10.8. The van der Waals surface area contributed by atoms with E-state index in [1.807, 2.05) is 18.4 Å². The number of rotatable bonds is 16. The van der Waals surface area contributed by atoms with E-state index in [1.54, 1.807) is 60.7 Å². The van der Waals surface area contributed by atoms with E-state index in [2.05, 4.69) is 32.0 Å². The minimum absolute atomic E-state index is 0.00412. The van der Waals surface area contributed by atoms with Crippen LogP contribution in [0.4, 0.5) is 9.59 Å². The quantitative estimate of drug-likeness (QED) is 0.0236. The summed E-state index contributed by atoms with van der Waals surface area (Å²) >= 11 is 1.46. The van der Waals surface area contributed by atoms with Crippen LogP contribution in [0.15, 0.2) is 94.8 Å². The van der Waals surface area contributed by atoms with Crippen molar-refractivity contribution in [3.8, 4) is 0 Å². The molecule has 53 heavy (non-hydrogen) atoms. The molecule has 4 amide bonds. The molecule has 0 bridgehead atoms. The van der Waals surface area contributed by atoms with Gasteiger partial charge in [-0.1, -0.05) is 60.7 Å². The first-order chi connectivity index (χ1) is 25.6. The molecule has 282 valence electrons. The number of guanidine groups is 1. The lowest BCUT2D eigenvalue weighted by Gasteiger charge is -2.22. The summed E-state index contributed by atoms with van der Waals surface area (Å²) in [7, 11) is 1.13. The molecule has 0 spiro atoms. The average molecular weight is 752 g/mol. The van der Waals surface area contributed by atoms with Gasteiger partial charge in [0.25, 0.3) is 5.91 Å². The zero-order valence-electron chi connectivity index (χ0n) is 29.0. The number of aliphatic carboxylic acids is 1. The smallest absolute Gasteiger partial charge is 0.426 e. The van der Waals surface area contributed by atoms with Crippen molar-refractivity contribution < 1.29 is 48.1 Å². The molecule has 18 heteroatoms. The highest BCUT2D eigenvalue weighted by molar-refractivity contribution is 7.98. The second-order valence-electron chi connectivity index (χ2n) is 10.9. The Morgan fingerprint density at radius 2 is 1.32 bits per heavy atom. The number of methoxy groups -OCH3 is 1. The van der Waals surface area contributed by atoms with Crippen LogP contribution in [0.2, 0.25) is 0 Å². The van der Waals surface area contributed by atoms with Crippen LogP contribution in [0.1, 0.15) is 34.3 Å². The standard InChI is InChI=1S/C35H41N7O10S/c1-50-32(47)28(37-29(43)20-42(21-30(44)45)31(46)26-15-17-27(53-2)18-16-26)14-9-19-36-33(38-40-34(48)51-22-24-10-5-3-6-11-24)39-41-35(49)52-23-25-12-7-4-8-13-25/h3-8,10-13,15-18,28H,9,14,19-23H2,1-2H3,(H,37,43)(H,40,48)(H,41,49)(H,44,45)(H2,36,38,39)/t28-/m0/s1. The van der Waals surface area contributed by atoms with Crippen LogP contribution in [-0.4, -0.2) is 90.9 Å². The third kappa shape index (κ3) is 15.6. The van der Waals surface area contributed by atoms with Crippen LogP contribution in [-0.2, 0) is 41.8 Å². The summed E-state index contributed by atoms with van der Waals surface area (Å²) in [5.74, 6) is -3.72. The number of hydrogen-bond acceptors (Lipinski definition) is 11. The van der Waals surface area contributed by atoms with Gasteiger partial charge in [0.1, 0.15) is 32.3 Å². The van der Waals surface area contributed by atoms with Gasteiger partial charge in [0.2, 0.25) is 11.9 Å². The van der Waals surface area contributed by atoms with Gasteiger partial charge < -0.3 is 29.5 Å². The number of carboxylic acid groups (broad SMARTS) is 1. The lowest BCUT2D eigenvalue weighted by atomic mass is 10.1. The van der Waals surface area contributed by atoms with Gasteiger partial charge in [-0.3, -0.25) is 30.2 Å². The molecule has 0 aliphatic carbocycles. The predicted molar refractivity (Wildman–Crippen MR) is 193 cm³/mol. The van der Waals surface area contributed by atoms with E-state index in [-0.39, 0.29) is 44.1 Å². The van der Waals surface area contributed by atoms with Gasteiger partial charge in [-0.2, -0.15) is 0 Å². The predicted octanol–water partition coefficient (Wildman–Crippen LogP) is 2.59. The van der Waals surface area contributed by atoms with Crippen LogP contribution in [0.25, 0.3) is 0 Å². The van der Waals surface area contributed by atoms with E-state index < -0.39 is 55.1 Å². The number of carboxylic acids is 1. The van der Waals surface area contributed by atoms with Crippen molar-refractivity contribution in [3.05, 3.63) is 102 Å². The number of nitrogens with zero attached hydrogens (tertiary/aromatic N) is 2. The van der Waals surface area contributed by atoms with E-state index in [0.717, 1.165) is 28.0 Å². The fourth-order valence-electron chi connectivity index (χ4n) is 4.42. The number of esters is 1. The maximum atomic E-state index is 13.0. The Balaban J connectivity index is 1.59. The van der Waals surface area contributed by atoms with Crippen molar-refractivity contribution in [2.45, 2.75) is 37.0 Å². The molecule has 0 unspecified atom stereocenters. The first-order valence-electron chi connectivity index (χ1n) is 16.1. The molecular weight excluding hydrogens is 710 g/mol. The molecular formula is C35H41N7O10S. The molecule has 0 saturated carbocycles. The Labute approximate surface area is 309 Å². The number of ether oxygens (including phenoxy) is 3. The molecule has 3 aromatic carbocycles. The third-order valence-electron chi connectivity index (χ3n) is 7.02. The molecule has 0 radical (unpaired) electrons. The highest BCUT2D eigenvalue weighted by Crippen LogP contribution is 2.16. The van der Waals surface area contributed by atoms with Gasteiger partial charge in [0.05, 0.1) is 7.11 Å². The van der Waals surface area contributed by atoms with E-state index in [1.165, 1.54) is 23.9 Å². The number of hydrogen-bond donors (Lipinski definition) is 6. The number of thioether (sulfide) groups is 1. The highest BCUT2D eigenvalue weighted by Gasteiger charge is 2.26. The molecule has 17 nitrogen and oxygen atoms in total. The molecule has 3 rings (SSSR count). The molecule has 0 heterocycles. The lowest BCUT2D eigenvalue weighted by Crippen LogP contribution is -2.53. The summed E-state index contributed by atoms with van der Waals surface area (Å²) < 4.78 is 15.2. The Kier molecular flexibility index (Phi) is 17.5. The first kappa shape index (κ1) is 41.1. The first-order valence-corrected chi connectivity index (χ1v) is 17.3. The van der Waals surface area contributed by atoms with Crippen molar-refractivity contribution in [3.63, 3.8) is 0 Å². The Morgan fingerprint density at radius 3 is 1.81 bits per heavy atom. The minimum atomic E-state index is -1.33. The highest BCUT2D eigenvalue weighted by atomic mass is 32.2. The van der Waals surface area contributed by atoms with Crippen molar-refractivity contribution in [2.75, 3.05) is 33.0 Å². The Hall–Kier alpha value is -6.30. The summed E-state index contributed by atoms with van der Waals surface area (Å²) in [5.41, 5.74) is 11.3. The maximum absolute atomic E-state index is 13.0. The number of carbonyl (C=O) groups is 6. The summed E-state index contributed by atoms with van der Waals surface area (Å²) in [6, 6.07) is 23.2. The summed E-state index contributed by atoms with van der Waals surface area (Å²) in [6.07, 6.45) is 0.343. The monoisotopic (exact) mass is 751 g/mol. The largest absolute Gasteiger partial charge is 0.480 e. The van der Waals surface area contributed by atoms with Gasteiger partial charge in [-0.25, -0.2) is 25.2 Å². The summed E-state index contributed by atoms with van der Waals surface area (Å²) in [6.45, 7) is -1.41. The topological polar surface area (TPSA) is 226 Å². The van der Waals surface area contributed by atoms with Gasteiger partial charge in [-0.05, 0) is 54.5 Å². The minimum Gasteiger partial charge on any atom is -0.480 e. The molecule has 6 N–H and O–H groups in total. The number of nitrogens with one attached hydrogen (secondary N) is 5. The van der Waals surface area contributed by atoms with Crippen LogP contribution in [0.5, 0.6) is 0 Å². The molecule has 3 aromatic rings. The van der Waals surface area contributed by atoms with E-state index in [9.17, 15) is 33.9 Å². The van der Waals surface area contributed by atoms with Crippen LogP contribution >= 0.6 is 11.8 Å². The van der Waals surface area contributed by atoms with Crippen molar-refractivity contribution in [1.82, 2.24) is 31.9 Å². The average Bonchev–Trinajstić information content (AvgIpc) is 3.17. The van der Waals surface area contributed by atoms with Crippen LogP contribution in [0.3, 0.4) is 0 Å². The van der Waals surface area contributed by atoms with Crippen LogP contribution in [0, 0.1) is 0 Å². The van der Waals surface area contributed by atoms with Crippen molar-refractivity contribution in [1.29, 1.82) is 0 Å². The zero-order valence-corrected chi connectivity index (χ0v) is 29.9. The molecule has 1 atom stereocenters. The van der Waals surface area contributed by atoms with Crippen molar-refractivity contribution in [2.24, 2.45) is 4.99 Å². The molecule has 0 aromatic heterocycles. The number of amides is 4. The number of aliphatic imine (C=N–C) groups is 1. The maximum Gasteiger partial charge on any atom is 0.426 e. The molecule has 0 saturated heterocycles. The van der Waals surface area contributed by atoms with Gasteiger partial charge in [0.15, 0.2) is 0 Å². The Morgan fingerprint density at radius 1 is 0.774 bits per heavy atom. The van der Waals surface area contributed by atoms with E-state index in [0.29, 0.717) is 0 Å². The van der Waals surface area contributed by atoms with Crippen molar-refractivity contribution >= 4 is 53.7 Å². The third-order valence-corrected chi connectivity index (χ3v) is 7.76. The SMILES string of the molecule is COC(=O)[C@H](CCCN=C(NNC(=O)OCc1ccccc1)NNC(=O)OCc1ccccc1)NC(=O)CN(CC(=O)O)C(=O)c1ccc(SC)cc1. The van der Waals surface area contributed by atoms with Crippen LogP contribution < -0.4 is 27.0 Å². The zero-order chi connectivity index (χ0) is 38.4. The molecule has 0 fully saturated rings. The van der Waals surface area contributed by atoms with E-state index in [4.69, 9.17) is 14.2 Å². The fourth-order valence-corrected chi connectivity index (χ4v) is 4.83. The molecule has 0 aliphatic heterocycles. The second-order valence-corrected chi connectivity index (χ2v) is 11.8. The van der Waals surface area contributed by atoms with E-state index >= 15 is 0 Å². The van der Waals surface area contributed by atoms with Gasteiger partial charge in [0, 0.05) is 17.0 Å². The molecule has 0 aliphatic rings. The second kappa shape index (κ2) is 22.5. The fraction of sp³-hybridized carbons (Fsp3) is 0.286. The lowest BCUT2D eigenvalue weighted by molar-refractivity contribution is -0.145. The Bertz CT molecular complexity index is 1630. The van der Waals surface area contributed by atoms with Gasteiger partial charge >= 0.3 is 24.1 Å². The van der Waals surface area contributed by atoms with Gasteiger partial charge in [-0.15, -0.1) is 11.8 Å².